The van der Waals surface area contributed by atoms with Crippen molar-refractivity contribution in [1.29, 1.82) is 0 Å². The third-order valence-electron chi connectivity index (χ3n) is 1.06. The Balaban J connectivity index is 3.89. The average Bonchev–Trinajstić information content (AvgIpc) is 1.96. The lowest BCUT2D eigenvalue weighted by molar-refractivity contribution is -0.113. The lowest BCUT2D eigenvalue weighted by Gasteiger charge is -2.22. The number of rotatable bonds is 3. The first-order chi connectivity index (χ1) is 5.87. The number of hydroxylamine groups is 2. The van der Waals surface area contributed by atoms with Gasteiger partial charge in [-0.2, -0.15) is 5.06 Å². The molecule has 5 heteroatoms. The van der Waals surface area contributed by atoms with E-state index in [-0.39, 0.29) is 13.0 Å². The number of amides is 1. The number of carbonyl (C=O) groups excluding carboxylic acids is 2. The highest BCUT2D eigenvalue weighted by atomic mass is 16.6. The van der Waals surface area contributed by atoms with E-state index in [0.29, 0.717) is 11.3 Å². The van der Waals surface area contributed by atoms with Crippen LogP contribution in [0.3, 0.4) is 0 Å². The lowest BCUT2D eigenvalue weighted by Crippen LogP contribution is -2.35. The maximum atomic E-state index is 11.0. The standard InChI is InChI=1S/C8H15NO4/c1-8(2,3)13-7(11)9(12)5-4-6-10/h6,12H,4-5H2,1-3H3. The molecule has 0 aromatic heterocycles. The van der Waals surface area contributed by atoms with Crippen LogP contribution in [-0.4, -0.2) is 34.8 Å². The minimum absolute atomic E-state index is 0.0432. The Morgan fingerprint density at radius 1 is 1.54 bits per heavy atom. The second-order valence-electron chi connectivity index (χ2n) is 3.56. The van der Waals surface area contributed by atoms with Gasteiger partial charge in [0.2, 0.25) is 0 Å². The van der Waals surface area contributed by atoms with Crippen LogP contribution in [0.1, 0.15) is 27.2 Å². The normalized spacial score (nSPS) is 10.8. The fourth-order valence-electron chi connectivity index (χ4n) is 0.581. The van der Waals surface area contributed by atoms with E-state index in [1.807, 2.05) is 0 Å². The van der Waals surface area contributed by atoms with Gasteiger partial charge in [-0.25, -0.2) is 4.79 Å². The van der Waals surface area contributed by atoms with Crippen molar-refractivity contribution >= 4 is 12.4 Å². The summed E-state index contributed by atoms with van der Waals surface area (Å²) < 4.78 is 4.82. The number of hydrogen-bond donors (Lipinski definition) is 1. The van der Waals surface area contributed by atoms with Crippen LogP contribution in [-0.2, 0) is 9.53 Å². The van der Waals surface area contributed by atoms with Crippen LogP contribution in [0.25, 0.3) is 0 Å². The van der Waals surface area contributed by atoms with E-state index in [9.17, 15) is 9.59 Å². The van der Waals surface area contributed by atoms with Gasteiger partial charge in [0, 0.05) is 6.42 Å². The Labute approximate surface area is 77.2 Å². The number of nitrogens with zero attached hydrogens (tertiary/aromatic N) is 1. The molecule has 5 nitrogen and oxygen atoms in total. The lowest BCUT2D eigenvalue weighted by atomic mass is 10.2. The molecule has 0 bridgehead atoms. The predicted molar refractivity (Wildman–Crippen MR) is 45.4 cm³/mol. The van der Waals surface area contributed by atoms with Gasteiger partial charge >= 0.3 is 6.09 Å². The summed E-state index contributed by atoms with van der Waals surface area (Å²) >= 11 is 0. The monoisotopic (exact) mass is 189 g/mol. The van der Waals surface area contributed by atoms with E-state index >= 15 is 0 Å². The predicted octanol–water partition coefficient (Wildman–Crippen LogP) is 1.20. The molecule has 0 heterocycles. The number of aldehydes is 1. The molecule has 0 unspecified atom stereocenters. The summed E-state index contributed by atoms with van der Waals surface area (Å²) in [5.74, 6) is 0. The summed E-state index contributed by atoms with van der Waals surface area (Å²) in [6, 6.07) is 0. The van der Waals surface area contributed by atoms with Crippen molar-refractivity contribution in [1.82, 2.24) is 5.06 Å². The van der Waals surface area contributed by atoms with Gasteiger partial charge in [0.05, 0.1) is 6.54 Å². The fourth-order valence-corrected chi connectivity index (χ4v) is 0.581. The first kappa shape index (κ1) is 11.9. The van der Waals surface area contributed by atoms with Gasteiger partial charge in [-0.15, -0.1) is 0 Å². The quantitative estimate of drug-likeness (QED) is 0.411. The van der Waals surface area contributed by atoms with Crippen LogP contribution in [0.2, 0.25) is 0 Å². The molecule has 0 aliphatic carbocycles. The zero-order valence-corrected chi connectivity index (χ0v) is 8.11. The molecule has 0 radical (unpaired) electrons. The second kappa shape index (κ2) is 4.81. The highest BCUT2D eigenvalue weighted by molar-refractivity contribution is 5.67. The molecule has 0 aliphatic rings. The van der Waals surface area contributed by atoms with Gasteiger partial charge in [0.25, 0.3) is 0 Å². The minimum Gasteiger partial charge on any atom is -0.442 e. The van der Waals surface area contributed by atoms with Crippen molar-refractivity contribution in [2.45, 2.75) is 32.8 Å². The molecule has 0 spiro atoms. The molecule has 0 saturated carbocycles. The smallest absolute Gasteiger partial charge is 0.434 e. The Kier molecular flexibility index (Phi) is 4.40. The molecule has 0 aliphatic heterocycles. The summed E-state index contributed by atoms with van der Waals surface area (Å²) in [5.41, 5.74) is -0.640. The molecule has 0 saturated heterocycles. The van der Waals surface area contributed by atoms with Crippen LogP contribution in [0.15, 0.2) is 0 Å². The summed E-state index contributed by atoms with van der Waals surface area (Å²) in [6.45, 7) is 5.04. The molecule has 0 rings (SSSR count). The molecule has 1 amide bonds. The molecule has 0 atom stereocenters. The molecule has 0 aromatic rings. The maximum Gasteiger partial charge on any atom is 0.434 e. The van der Waals surface area contributed by atoms with E-state index in [1.54, 1.807) is 20.8 Å². The van der Waals surface area contributed by atoms with Gasteiger partial charge in [0.15, 0.2) is 0 Å². The van der Waals surface area contributed by atoms with Crippen molar-refractivity contribution in [3.05, 3.63) is 0 Å². The SMILES string of the molecule is CC(C)(C)OC(=O)N(O)CCC=O. The summed E-state index contributed by atoms with van der Waals surface area (Å²) in [6.07, 6.45) is -0.127. The summed E-state index contributed by atoms with van der Waals surface area (Å²) in [5, 5.41) is 9.40. The van der Waals surface area contributed by atoms with Crippen molar-refractivity contribution in [2.24, 2.45) is 0 Å². The Hall–Kier alpha value is -1.10. The number of carbonyl (C=O) groups is 2. The molecule has 13 heavy (non-hydrogen) atoms. The van der Waals surface area contributed by atoms with E-state index < -0.39 is 11.7 Å². The van der Waals surface area contributed by atoms with Gasteiger partial charge in [-0.05, 0) is 20.8 Å². The maximum absolute atomic E-state index is 11.0. The van der Waals surface area contributed by atoms with E-state index in [1.165, 1.54) is 0 Å². The first-order valence-corrected chi connectivity index (χ1v) is 4.00. The highest BCUT2D eigenvalue weighted by Gasteiger charge is 2.20. The Morgan fingerprint density at radius 3 is 2.46 bits per heavy atom. The van der Waals surface area contributed by atoms with Gasteiger partial charge < -0.3 is 9.53 Å². The summed E-state index contributed by atoms with van der Waals surface area (Å²) in [7, 11) is 0. The minimum atomic E-state index is -0.839. The number of hydrogen-bond acceptors (Lipinski definition) is 4. The van der Waals surface area contributed by atoms with Crippen molar-refractivity contribution in [3.8, 4) is 0 Å². The fraction of sp³-hybridized carbons (Fsp3) is 0.750. The van der Waals surface area contributed by atoms with Gasteiger partial charge in [0.1, 0.15) is 11.9 Å². The zero-order chi connectivity index (χ0) is 10.5. The van der Waals surface area contributed by atoms with Crippen LogP contribution < -0.4 is 0 Å². The van der Waals surface area contributed by atoms with Crippen molar-refractivity contribution in [3.63, 3.8) is 0 Å². The first-order valence-electron chi connectivity index (χ1n) is 4.00. The molecular formula is C8H15NO4. The Morgan fingerprint density at radius 2 is 2.08 bits per heavy atom. The molecule has 76 valence electrons. The van der Waals surface area contributed by atoms with Crippen LogP contribution in [0, 0.1) is 0 Å². The average molecular weight is 189 g/mol. The van der Waals surface area contributed by atoms with Crippen LogP contribution >= 0.6 is 0 Å². The highest BCUT2D eigenvalue weighted by Crippen LogP contribution is 2.08. The van der Waals surface area contributed by atoms with E-state index in [4.69, 9.17) is 9.94 Å². The Bertz CT molecular complexity index is 185. The van der Waals surface area contributed by atoms with Crippen LogP contribution in [0.4, 0.5) is 4.79 Å². The van der Waals surface area contributed by atoms with Crippen molar-refractivity contribution < 1.29 is 19.5 Å². The third kappa shape index (κ3) is 6.10. The molecule has 1 N–H and O–H groups in total. The topological polar surface area (TPSA) is 66.8 Å². The third-order valence-corrected chi connectivity index (χ3v) is 1.06. The molecule has 0 aromatic carbocycles. The zero-order valence-electron chi connectivity index (χ0n) is 8.11. The molecule has 0 fully saturated rings. The molecular weight excluding hydrogens is 174 g/mol. The van der Waals surface area contributed by atoms with E-state index in [0.717, 1.165) is 0 Å². The largest absolute Gasteiger partial charge is 0.442 e. The summed E-state index contributed by atoms with van der Waals surface area (Å²) in [4.78, 5) is 20.9. The van der Waals surface area contributed by atoms with E-state index in [2.05, 4.69) is 0 Å². The van der Waals surface area contributed by atoms with Crippen LogP contribution in [0.5, 0.6) is 0 Å². The van der Waals surface area contributed by atoms with Gasteiger partial charge in [-0.1, -0.05) is 0 Å². The van der Waals surface area contributed by atoms with Crippen molar-refractivity contribution in [2.75, 3.05) is 6.54 Å². The number of ether oxygens (including phenoxy) is 1. The van der Waals surface area contributed by atoms with Gasteiger partial charge in [-0.3, -0.25) is 5.21 Å². The second-order valence-corrected chi connectivity index (χ2v) is 3.56.